The zero-order chi connectivity index (χ0) is 17.2. The molecule has 0 atom stereocenters. The molecule has 3 aromatic rings. The van der Waals surface area contributed by atoms with E-state index in [9.17, 15) is 8.42 Å². The average Bonchev–Trinajstić information content (AvgIpc) is 2.98. The minimum Gasteiger partial charge on any atom is -0.469 e. The Balaban J connectivity index is 1.77. The van der Waals surface area contributed by atoms with Crippen LogP contribution < -0.4 is 0 Å². The topological polar surface area (TPSA) is 60.2 Å². The molecule has 0 aliphatic heterocycles. The summed E-state index contributed by atoms with van der Waals surface area (Å²) in [6, 6.07) is 14.8. The van der Waals surface area contributed by atoms with Crippen LogP contribution in [0, 0.1) is 6.92 Å². The highest BCUT2D eigenvalue weighted by molar-refractivity contribution is 7.90. The van der Waals surface area contributed by atoms with E-state index in [0.717, 1.165) is 41.1 Å². The Morgan fingerprint density at radius 3 is 2.42 bits per heavy atom. The molecule has 0 unspecified atom stereocenters. The van der Waals surface area contributed by atoms with Gasteiger partial charge in [-0.3, -0.25) is 4.98 Å². The molecule has 1 aromatic carbocycles. The predicted molar refractivity (Wildman–Crippen MR) is 93.6 cm³/mol. The molecule has 0 fully saturated rings. The molecule has 0 saturated heterocycles. The average molecular weight is 341 g/mol. The molecule has 0 aliphatic rings. The number of pyridine rings is 1. The summed E-state index contributed by atoms with van der Waals surface area (Å²) in [6.07, 6.45) is 4.69. The number of benzene rings is 1. The number of nitrogens with zero attached hydrogens (tertiary/aromatic N) is 1. The van der Waals surface area contributed by atoms with E-state index in [4.69, 9.17) is 4.42 Å². The first-order valence-corrected chi connectivity index (χ1v) is 9.61. The third kappa shape index (κ3) is 3.92. The van der Waals surface area contributed by atoms with Gasteiger partial charge >= 0.3 is 0 Å². The first-order chi connectivity index (χ1) is 11.4. The molecule has 4 nitrogen and oxygen atoms in total. The lowest BCUT2D eigenvalue weighted by atomic mass is 10.1. The van der Waals surface area contributed by atoms with Crippen LogP contribution >= 0.6 is 0 Å². The summed E-state index contributed by atoms with van der Waals surface area (Å²) in [5.41, 5.74) is 3.91. The summed E-state index contributed by atoms with van der Waals surface area (Å²) >= 11 is 0. The zero-order valence-electron chi connectivity index (χ0n) is 13.7. The van der Waals surface area contributed by atoms with Gasteiger partial charge in [-0.05, 0) is 55.7 Å². The monoisotopic (exact) mass is 341 g/mol. The SMILES string of the molecule is Cc1cc(CCc2cccc(-c3ccc(S(C)(=O)=O)cc3)n2)co1. The van der Waals surface area contributed by atoms with Gasteiger partial charge < -0.3 is 4.42 Å². The number of furan rings is 1. The summed E-state index contributed by atoms with van der Waals surface area (Å²) in [5, 5.41) is 0. The fourth-order valence-corrected chi connectivity index (χ4v) is 3.18. The molecule has 0 spiro atoms. The van der Waals surface area contributed by atoms with Crippen molar-refractivity contribution >= 4 is 9.84 Å². The maximum Gasteiger partial charge on any atom is 0.175 e. The van der Waals surface area contributed by atoms with E-state index in [0.29, 0.717) is 4.90 Å². The van der Waals surface area contributed by atoms with Crippen LogP contribution in [0.5, 0.6) is 0 Å². The Labute approximate surface area is 142 Å². The normalized spacial score (nSPS) is 11.6. The number of sulfone groups is 1. The van der Waals surface area contributed by atoms with Gasteiger partial charge in [0.25, 0.3) is 0 Å². The molecule has 24 heavy (non-hydrogen) atoms. The molecule has 2 heterocycles. The lowest BCUT2D eigenvalue weighted by molar-refractivity contribution is 0.531. The molecule has 0 saturated carbocycles. The predicted octanol–water partition coefficient (Wildman–Crippen LogP) is 3.84. The third-order valence-corrected chi connectivity index (χ3v) is 4.97. The van der Waals surface area contributed by atoms with E-state index in [1.165, 1.54) is 6.26 Å². The molecule has 2 aromatic heterocycles. The maximum atomic E-state index is 11.5. The second-order valence-corrected chi connectivity index (χ2v) is 7.89. The molecule has 0 radical (unpaired) electrons. The molecule has 0 aliphatic carbocycles. The van der Waals surface area contributed by atoms with Gasteiger partial charge in [0.2, 0.25) is 0 Å². The standard InChI is InChI=1S/C19H19NO3S/c1-14-12-15(13-23-14)6-9-17-4-3-5-19(20-17)16-7-10-18(11-8-16)24(2,21)22/h3-5,7-8,10-13H,6,9H2,1-2H3. The quantitative estimate of drug-likeness (QED) is 0.707. The molecule has 124 valence electrons. The van der Waals surface area contributed by atoms with Crippen LogP contribution in [0.25, 0.3) is 11.3 Å². The number of hydrogen-bond acceptors (Lipinski definition) is 4. The van der Waals surface area contributed by atoms with Gasteiger partial charge in [0.05, 0.1) is 16.9 Å². The number of aryl methyl sites for hydroxylation is 3. The summed E-state index contributed by atoms with van der Waals surface area (Å²) in [4.78, 5) is 4.99. The molecule has 0 bridgehead atoms. The van der Waals surface area contributed by atoms with Crippen LogP contribution in [0.1, 0.15) is 17.0 Å². The van der Waals surface area contributed by atoms with Gasteiger partial charge in [0, 0.05) is 17.5 Å². The Morgan fingerprint density at radius 2 is 1.79 bits per heavy atom. The van der Waals surface area contributed by atoms with E-state index < -0.39 is 9.84 Å². The molecule has 3 rings (SSSR count). The van der Waals surface area contributed by atoms with Gasteiger partial charge in [-0.25, -0.2) is 8.42 Å². The van der Waals surface area contributed by atoms with Crippen molar-refractivity contribution in [2.24, 2.45) is 0 Å². The minimum absolute atomic E-state index is 0.317. The van der Waals surface area contributed by atoms with Gasteiger partial charge in [0.15, 0.2) is 9.84 Å². The van der Waals surface area contributed by atoms with Crippen molar-refractivity contribution in [1.29, 1.82) is 0 Å². The summed E-state index contributed by atoms with van der Waals surface area (Å²) in [7, 11) is -3.18. The van der Waals surface area contributed by atoms with Crippen LogP contribution in [0.2, 0.25) is 0 Å². The van der Waals surface area contributed by atoms with Crippen molar-refractivity contribution in [2.45, 2.75) is 24.7 Å². The summed E-state index contributed by atoms with van der Waals surface area (Å²) in [6.45, 7) is 1.93. The highest BCUT2D eigenvalue weighted by Gasteiger charge is 2.08. The first-order valence-electron chi connectivity index (χ1n) is 7.72. The van der Waals surface area contributed by atoms with Gasteiger partial charge in [-0.2, -0.15) is 0 Å². The number of rotatable bonds is 5. The maximum absolute atomic E-state index is 11.5. The highest BCUT2D eigenvalue weighted by atomic mass is 32.2. The van der Waals surface area contributed by atoms with Gasteiger partial charge in [0.1, 0.15) is 5.76 Å². The second-order valence-electron chi connectivity index (χ2n) is 5.88. The van der Waals surface area contributed by atoms with E-state index in [1.54, 1.807) is 30.5 Å². The van der Waals surface area contributed by atoms with Crippen molar-refractivity contribution in [1.82, 2.24) is 4.98 Å². The molecule has 5 heteroatoms. The van der Waals surface area contributed by atoms with E-state index in [-0.39, 0.29) is 0 Å². The Hall–Kier alpha value is -2.40. The zero-order valence-corrected chi connectivity index (χ0v) is 14.5. The first kappa shape index (κ1) is 16.5. The number of hydrogen-bond donors (Lipinski definition) is 0. The fraction of sp³-hybridized carbons (Fsp3) is 0.211. The fourth-order valence-electron chi connectivity index (χ4n) is 2.55. The van der Waals surface area contributed by atoms with Crippen molar-refractivity contribution in [3.63, 3.8) is 0 Å². The van der Waals surface area contributed by atoms with Crippen LogP contribution in [-0.4, -0.2) is 19.7 Å². The Bertz CT molecular complexity index is 941. The lowest BCUT2D eigenvalue weighted by Gasteiger charge is -2.05. The van der Waals surface area contributed by atoms with Crippen molar-refractivity contribution in [2.75, 3.05) is 6.26 Å². The van der Waals surface area contributed by atoms with Crippen LogP contribution in [-0.2, 0) is 22.7 Å². The van der Waals surface area contributed by atoms with Crippen molar-refractivity contribution in [3.8, 4) is 11.3 Å². The smallest absolute Gasteiger partial charge is 0.175 e. The van der Waals surface area contributed by atoms with Crippen molar-refractivity contribution < 1.29 is 12.8 Å². The van der Waals surface area contributed by atoms with E-state index in [1.807, 2.05) is 31.2 Å². The largest absolute Gasteiger partial charge is 0.469 e. The third-order valence-electron chi connectivity index (χ3n) is 3.84. The second kappa shape index (κ2) is 6.61. The lowest BCUT2D eigenvalue weighted by Crippen LogP contribution is -1.97. The Morgan fingerprint density at radius 1 is 1.04 bits per heavy atom. The molecular formula is C19H19NO3S. The van der Waals surface area contributed by atoms with E-state index >= 15 is 0 Å². The van der Waals surface area contributed by atoms with Crippen LogP contribution in [0.4, 0.5) is 0 Å². The van der Waals surface area contributed by atoms with Gasteiger partial charge in [-0.15, -0.1) is 0 Å². The van der Waals surface area contributed by atoms with Crippen LogP contribution in [0.15, 0.2) is 64.1 Å². The number of aromatic nitrogens is 1. The molecule has 0 N–H and O–H groups in total. The van der Waals surface area contributed by atoms with Gasteiger partial charge in [-0.1, -0.05) is 18.2 Å². The molecule has 0 amide bonds. The Kier molecular flexibility index (Phi) is 4.53. The van der Waals surface area contributed by atoms with Crippen molar-refractivity contribution in [3.05, 3.63) is 71.8 Å². The van der Waals surface area contributed by atoms with E-state index in [2.05, 4.69) is 4.98 Å². The highest BCUT2D eigenvalue weighted by Crippen LogP contribution is 2.20. The molecular weight excluding hydrogens is 322 g/mol. The minimum atomic E-state index is -3.18. The summed E-state index contributed by atoms with van der Waals surface area (Å²) < 4.78 is 28.4. The van der Waals surface area contributed by atoms with Crippen LogP contribution in [0.3, 0.4) is 0 Å². The summed E-state index contributed by atoms with van der Waals surface area (Å²) in [5.74, 6) is 0.915.